The molecule has 3 aromatic rings. The van der Waals surface area contributed by atoms with Gasteiger partial charge in [-0.15, -0.1) is 0 Å². The van der Waals surface area contributed by atoms with Crippen LogP contribution in [0.4, 0.5) is 0 Å². The molecule has 0 spiro atoms. The van der Waals surface area contributed by atoms with Crippen molar-refractivity contribution in [3.05, 3.63) is 96.3 Å². The molecule has 3 unspecified atom stereocenters. The highest BCUT2D eigenvalue weighted by Gasteiger charge is 2.40. The minimum absolute atomic E-state index is 0.380. The molecule has 3 aliphatic rings. The van der Waals surface area contributed by atoms with Crippen LogP contribution in [-0.4, -0.2) is 58.9 Å². The molecule has 0 amide bonds. The Morgan fingerprint density at radius 1 is 0.824 bits per heavy atom. The third kappa shape index (κ3) is 3.75. The van der Waals surface area contributed by atoms with Crippen LogP contribution in [0.3, 0.4) is 0 Å². The number of hydrogen-bond donors (Lipinski definition) is 0. The summed E-state index contributed by atoms with van der Waals surface area (Å²) >= 11 is 0. The third-order valence-electron chi connectivity index (χ3n) is 7.71. The molecule has 0 radical (unpaired) electrons. The molecule has 1 saturated heterocycles. The molecule has 1 fully saturated rings. The number of fused-ring (bicyclic) bond motifs is 2. The highest BCUT2D eigenvalue weighted by atomic mass is 31.1. The summed E-state index contributed by atoms with van der Waals surface area (Å²) in [6.07, 6.45) is 5.02. The first-order valence-corrected chi connectivity index (χ1v) is 13.7. The van der Waals surface area contributed by atoms with Gasteiger partial charge in [0, 0.05) is 53.5 Å². The van der Waals surface area contributed by atoms with E-state index in [1.54, 1.807) is 5.30 Å². The minimum Gasteiger partial charge on any atom is -0.355 e. The van der Waals surface area contributed by atoms with Gasteiger partial charge in [0.25, 0.3) is 0 Å². The highest BCUT2D eigenvalue weighted by molar-refractivity contribution is 7.73. The number of hydrogen-bond acceptors (Lipinski definition) is 4. The van der Waals surface area contributed by atoms with Gasteiger partial charge in [-0.3, -0.25) is 9.80 Å². The second-order valence-corrected chi connectivity index (χ2v) is 11.9. The van der Waals surface area contributed by atoms with Crippen LogP contribution < -0.4 is 10.6 Å². The Morgan fingerprint density at radius 3 is 2.32 bits per heavy atom. The molecular formula is C29H33N4P. The van der Waals surface area contributed by atoms with Crippen LogP contribution >= 0.6 is 7.92 Å². The Hall–Kier alpha value is -2.65. The maximum Gasteiger partial charge on any atom is 0.129 e. The fourth-order valence-electron chi connectivity index (χ4n) is 5.64. The Labute approximate surface area is 204 Å². The number of nitrogens with zero attached hydrogens (tertiary/aromatic N) is 4. The predicted octanol–water partition coefficient (Wildman–Crippen LogP) is 4.40. The molecule has 0 saturated carbocycles. The topological polar surface area (TPSA) is 13.0 Å². The SMILES string of the molecule is CC1N(C)CCN1Cc1cccc2c1P(c1ccc(-c3ccccc3)cc1)C1N(C)C=CN1C2. The fourth-order valence-corrected chi connectivity index (χ4v) is 8.67. The lowest BCUT2D eigenvalue weighted by atomic mass is 10.1. The first-order chi connectivity index (χ1) is 16.6. The summed E-state index contributed by atoms with van der Waals surface area (Å²) in [5, 5.41) is 3.06. The average Bonchev–Trinajstić information content (AvgIpc) is 3.40. The predicted molar refractivity (Wildman–Crippen MR) is 143 cm³/mol. The fraction of sp³-hybridized carbons (Fsp3) is 0.310. The molecule has 0 N–H and O–H groups in total. The first-order valence-electron chi connectivity index (χ1n) is 12.3. The molecule has 174 valence electrons. The summed E-state index contributed by atoms with van der Waals surface area (Å²) in [6.45, 7) is 6.64. The molecular weight excluding hydrogens is 435 g/mol. The van der Waals surface area contributed by atoms with Gasteiger partial charge in [-0.1, -0.05) is 72.8 Å². The largest absolute Gasteiger partial charge is 0.355 e. The van der Waals surface area contributed by atoms with Crippen LogP contribution in [0, 0.1) is 0 Å². The summed E-state index contributed by atoms with van der Waals surface area (Å²) in [6, 6.07) is 27.1. The maximum absolute atomic E-state index is 2.63. The van der Waals surface area contributed by atoms with Gasteiger partial charge < -0.3 is 9.80 Å². The zero-order chi connectivity index (χ0) is 23.2. The molecule has 3 aliphatic heterocycles. The number of benzene rings is 3. The summed E-state index contributed by atoms with van der Waals surface area (Å²) in [4.78, 5) is 10.0. The highest BCUT2D eigenvalue weighted by Crippen LogP contribution is 2.50. The van der Waals surface area contributed by atoms with E-state index in [1.165, 1.54) is 27.6 Å². The molecule has 6 rings (SSSR count). The van der Waals surface area contributed by atoms with Crippen LogP contribution in [0.15, 0.2) is 85.2 Å². The van der Waals surface area contributed by atoms with Crippen molar-refractivity contribution in [1.29, 1.82) is 0 Å². The molecule has 3 aromatic carbocycles. The molecule has 0 aromatic heterocycles. The van der Waals surface area contributed by atoms with Crippen molar-refractivity contribution in [2.45, 2.75) is 32.1 Å². The Bertz CT molecular complexity index is 1190. The second kappa shape index (κ2) is 8.85. The third-order valence-corrected chi connectivity index (χ3v) is 10.7. The lowest BCUT2D eigenvalue weighted by molar-refractivity contribution is 0.170. The normalized spacial score (nSPS) is 24.5. The zero-order valence-electron chi connectivity index (χ0n) is 20.3. The van der Waals surface area contributed by atoms with E-state index < -0.39 is 7.92 Å². The van der Waals surface area contributed by atoms with Crippen molar-refractivity contribution in [2.75, 3.05) is 27.2 Å². The minimum atomic E-state index is -0.561. The summed E-state index contributed by atoms with van der Waals surface area (Å²) in [5.74, 6) is 0.380. The van der Waals surface area contributed by atoms with Gasteiger partial charge in [0.05, 0.1) is 6.17 Å². The van der Waals surface area contributed by atoms with E-state index in [0.29, 0.717) is 12.1 Å². The van der Waals surface area contributed by atoms with Gasteiger partial charge in [0.15, 0.2) is 0 Å². The summed E-state index contributed by atoms with van der Waals surface area (Å²) in [7, 11) is 3.91. The van der Waals surface area contributed by atoms with E-state index in [4.69, 9.17) is 0 Å². The van der Waals surface area contributed by atoms with E-state index in [0.717, 1.165) is 26.2 Å². The molecule has 4 nitrogen and oxygen atoms in total. The lowest BCUT2D eigenvalue weighted by Crippen LogP contribution is -2.46. The monoisotopic (exact) mass is 468 g/mol. The van der Waals surface area contributed by atoms with Crippen molar-refractivity contribution in [3.8, 4) is 11.1 Å². The van der Waals surface area contributed by atoms with Crippen molar-refractivity contribution in [2.24, 2.45) is 0 Å². The maximum atomic E-state index is 2.63. The van der Waals surface area contributed by atoms with Gasteiger partial charge in [-0.2, -0.15) is 0 Å². The molecule has 0 bridgehead atoms. The summed E-state index contributed by atoms with van der Waals surface area (Å²) in [5.41, 5.74) is 5.57. The molecule has 3 heterocycles. The number of rotatable bonds is 4. The molecule has 5 heteroatoms. The zero-order valence-corrected chi connectivity index (χ0v) is 21.2. The van der Waals surface area contributed by atoms with Crippen molar-refractivity contribution >= 4 is 18.5 Å². The van der Waals surface area contributed by atoms with Gasteiger partial charge in [0.1, 0.15) is 5.91 Å². The van der Waals surface area contributed by atoms with Crippen molar-refractivity contribution in [3.63, 3.8) is 0 Å². The van der Waals surface area contributed by atoms with E-state index in [-0.39, 0.29) is 0 Å². The van der Waals surface area contributed by atoms with Gasteiger partial charge >= 0.3 is 0 Å². The molecule has 3 atom stereocenters. The quantitative estimate of drug-likeness (QED) is 0.527. The van der Waals surface area contributed by atoms with E-state index in [2.05, 4.69) is 126 Å². The Morgan fingerprint density at radius 2 is 1.59 bits per heavy atom. The van der Waals surface area contributed by atoms with Crippen LogP contribution in [0.2, 0.25) is 0 Å². The lowest BCUT2D eigenvalue weighted by Gasteiger charge is -2.43. The van der Waals surface area contributed by atoms with Crippen LogP contribution in [0.5, 0.6) is 0 Å². The molecule has 34 heavy (non-hydrogen) atoms. The van der Waals surface area contributed by atoms with E-state index >= 15 is 0 Å². The van der Waals surface area contributed by atoms with Gasteiger partial charge in [-0.25, -0.2) is 0 Å². The standard InChI is InChI=1S/C29H33N4P/c1-22-30(2)16-18-32(22)20-25-10-7-11-26-21-33-19-17-31(3)29(33)34(28(25)26)27-14-12-24(13-15-27)23-8-5-4-6-9-23/h4-15,17,19,22,29H,16,18,20-21H2,1-3H3. The Kier molecular flexibility index (Phi) is 5.69. The van der Waals surface area contributed by atoms with Crippen LogP contribution in [0.1, 0.15) is 18.1 Å². The van der Waals surface area contributed by atoms with E-state index in [1.807, 2.05) is 0 Å². The van der Waals surface area contributed by atoms with Crippen molar-refractivity contribution in [1.82, 2.24) is 19.6 Å². The van der Waals surface area contributed by atoms with Crippen molar-refractivity contribution < 1.29 is 0 Å². The second-order valence-electron chi connectivity index (χ2n) is 9.77. The Balaban J connectivity index is 1.41. The van der Waals surface area contributed by atoms with Gasteiger partial charge in [0.2, 0.25) is 0 Å². The molecule has 0 aliphatic carbocycles. The smallest absolute Gasteiger partial charge is 0.129 e. The van der Waals surface area contributed by atoms with Gasteiger partial charge in [-0.05, 0) is 46.8 Å². The number of likely N-dealkylation sites (N-methyl/N-ethyl adjacent to an activating group) is 1. The summed E-state index contributed by atoms with van der Waals surface area (Å²) < 4.78 is 0. The van der Waals surface area contributed by atoms with Crippen LogP contribution in [-0.2, 0) is 13.1 Å². The van der Waals surface area contributed by atoms with E-state index in [9.17, 15) is 0 Å². The average molecular weight is 469 g/mol. The first kappa shape index (κ1) is 21.9. The van der Waals surface area contributed by atoms with Crippen LogP contribution in [0.25, 0.3) is 11.1 Å².